The van der Waals surface area contributed by atoms with Crippen LogP contribution < -0.4 is 0 Å². The smallest absolute Gasteiger partial charge is 0.0749 e. The predicted molar refractivity (Wildman–Crippen MR) is 68.2 cm³/mol. The summed E-state index contributed by atoms with van der Waals surface area (Å²) in [6, 6.07) is 0. The highest BCUT2D eigenvalue weighted by molar-refractivity contribution is 5.23. The Hall–Kier alpha value is -0.300. The van der Waals surface area contributed by atoms with Crippen molar-refractivity contribution < 1.29 is 5.11 Å². The van der Waals surface area contributed by atoms with E-state index in [-0.39, 0.29) is 6.10 Å². The van der Waals surface area contributed by atoms with Crippen LogP contribution in [0.15, 0.2) is 11.6 Å². The summed E-state index contributed by atoms with van der Waals surface area (Å²) in [4.78, 5) is 0. The number of hydrogen-bond donors (Lipinski definition) is 1. The van der Waals surface area contributed by atoms with E-state index in [1.54, 1.807) is 0 Å². The van der Waals surface area contributed by atoms with Gasteiger partial charge < -0.3 is 5.11 Å². The Balaban J connectivity index is 2.28. The highest BCUT2D eigenvalue weighted by atomic mass is 16.3. The quantitative estimate of drug-likeness (QED) is 0.667. The summed E-state index contributed by atoms with van der Waals surface area (Å²) < 4.78 is 0. The van der Waals surface area contributed by atoms with Gasteiger partial charge in [0, 0.05) is 0 Å². The van der Waals surface area contributed by atoms with Crippen LogP contribution in [0.2, 0.25) is 0 Å². The molecule has 1 heteroatoms. The summed E-state index contributed by atoms with van der Waals surface area (Å²) >= 11 is 0. The third kappa shape index (κ3) is 1.73. The Kier molecular flexibility index (Phi) is 2.94. The molecule has 92 valence electrons. The van der Waals surface area contributed by atoms with Gasteiger partial charge in [-0.3, -0.25) is 0 Å². The molecule has 0 spiro atoms. The maximum Gasteiger partial charge on any atom is 0.0749 e. The van der Waals surface area contributed by atoms with E-state index in [2.05, 4.69) is 33.8 Å². The molecule has 1 saturated carbocycles. The maximum atomic E-state index is 10.0. The molecule has 2 aliphatic carbocycles. The SMILES string of the molecule is CC1CCC([C@@]2(C)CCCC2(C)C)=CC1O. The van der Waals surface area contributed by atoms with E-state index >= 15 is 0 Å². The van der Waals surface area contributed by atoms with Crippen molar-refractivity contribution in [3.63, 3.8) is 0 Å². The van der Waals surface area contributed by atoms with E-state index in [1.165, 1.54) is 31.3 Å². The van der Waals surface area contributed by atoms with Crippen LogP contribution in [0.3, 0.4) is 0 Å². The van der Waals surface area contributed by atoms with Gasteiger partial charge in [0.1, 0.15) is 0 Å². The summed E-state index contributed by atoms with van der Waals surface area (Å²) in [5.41, 5.74) is 2.26. The van der Waals surface area contributed by atoms with Gasteiger partial charge in [-0.15, -0.1) is 0 Å². The van der Waals surface area contributed by atoms with Gasteiger partial charge in [-0.2, -0.15) is 0 Å². The lowest BCUT2D eigenvalue weighted by atomic mass is 9.62. The predicted octanol–water partition coefficient (Wildman–Crippen LogP) is 3.92. The molecule has 3 atom stereocenters. The van der Waals surface area contributed by atoms with Crippen LogP contribution in [0, 0.1) is 16.7 Å². The molecule has 1 fully saturated rings. The molecule has 2 aliphatic rings. The van der Waals surface area contributed by atoms with Gasteiger partial charge in [-0.05, 0) is 42.4 Å². The van der Waals surface area contributed by atoms with Crippen molar-refractivity contribution in [3.8, 4) is 0 Å². The van der Waals surface area contributed by atoms with Crippen LogP contribution in [0.1, 0.15) is 59.8 Å². The van der Waals surface area contributed by atoms with Gasteiger partial charge in [0.25, 0.3) is 0 Å². The highest BCUT2D eigenvalue weighted by Gasteiger charge is 2.47. The molecule has 0 aromatic heterocycles. The summed E-state index contributed by atoms with van der Waals surface area (Å²) in [5.74, 6) is 0.442. The van der Waals surface area contributed by atoms with E-state index in [1.807, 2.05) is 0 Å². The maximum absolute atomic E-state index is 10.0. The van der Waals surface area contributed by atoms with E-state index in [0.717, 1.165) is 6.42 Å². The Morgan fingerprint density at radius 2 is 1.94 bits per heavy atom. The van der Waals surface area contributed by atoms with Crippen molar-refractivity contribution in [1.29, 1.82) is 0 Å². The van der Waals surface area contributed by atoms with Crippen LogP contribution >= 0.6 is 0 Å². The van der Waals surface area contributed by atoms with Gasteiger partial charge in [0.15, 0.2) is 0 Å². The molecule has 0 saturated heterocycles. The lowest BCUT2D eigenvalue weighted by Crippen LogP contribution is -2.35. The molecule has 2 rings (SSSR count). The van der Waals surface area contributed by atoms with Crippen molar-refractivity contribution >= 4 is 0 Å². The van der Waals surface area contributed by atoms with Crippen molar-refractivity contribution in [3.05, 3.63) is 11.6 Å². The zero-order valence-corrected chi connectivity index (χ0v) is 11.2. The molecule has 1 N–H and O–H groups in total. The Bertz CT molecular complexity index is 303. The summed E-state index contributed by atoms with van der Waals surface area (Å²) in [7, 11) is 0. The molecule has 0 aliphatic heterocycles. The molecule has 0 radical (unpaired) electrons. The van der Waals surface area contributed by atoms with Gasteiger partial charge in [-0.1, -0.05) is 45.8 Å². The third-order valence-electron chi connectivity index (χ3n) is 5.50. The lowest BCUT2D eigenvalue weighted by Gasteiger charge is -2.43. The third-order valence-corrected chi connectivity index (χ3v) is 5.50. The normalized spacial score (nSPS) is 43.2. The molecule has 1 nitrogen and oxygen atoms in total. The number of rotatable bonds is 1. The zero-order chi connectivity index (χ0) is 12.0. The molecule has 0 amide bonds. The number of aliphatic hydroxyl groups is 1. The summed E-state index contributed by atoms with van der Waals surface area (Å²) in [6.07, 6.45) is 8.27. The Labute approximate surface area is 99.9 Å². The van der Waals surface area contributed by atoms with Crippen LogP contribution in [0.4, 0.5) is 0 Å². The molecular weight excluding hydrogens is 196 g/mol. The van der Waals surface area contributed by atoms with Crippen molar-refractivity contribution in [2.24, 2.45) is 16.7 Å². The highest BCUT2D eigenvalue weighted by Crippen LogP contribution is 2.58. The van der Waals surface area contributed by atoms with Crippen LogP contribution in [0.5, 0.6) is 0 Å². The molecule has 2 unspecified atom stereocenters. The molecule has 0 bridgehead atoms. The number of allylic oxidation sites excluding steroid dienone is 1. The Morgan fingerprint density at radius 1 is 1.25 bits per heavy atom. The first-order chi connectivity index (χ1) is 7.37. The van der Waals surface area contributed by atoms with E-state index < -0.39 is 0 Å². The van der Waals surface area contributed by atoms with Gasteiger partial charge in [0.05, 0.1) is 6.10 Å². The molecule has 0 aromatic carbocycles. The first-order valence-corrected chi connectivity index (χ1v) is 6.76. The fraction of sp³-hybridized carbons (Fsp3) is 0.867. The largest absolute Gasteiger partial charge is 0.389 e. The average Bonchev–Trinajstić information content (AvgIpc) is 2.47. The molecule has 0 aromatic rings. The second-order valence-electron chi connectivity index (χ2n) is 6.77. The number of hydrogen-bond acceptors (Lipinski definition) is 1. The second-order valence-corrected chi connectivity index (χ2v) is 6.77. The van der Waals surface area contributed by atoms with E-state index in [9.17, 15) is 5.11 Å². The monoisotopic (exact) mass is 222 g/mol. The van der Waals surface area contributed by atoms with Crippen molar-refractivity contribution in [1.82, 2.24) is 0 Å². The summed E-state index contributed by atoms with van der Waals surface area (Å²) in [6.45, 7) is 9.35. The first-order valence-electron chi connectivity index (χ1n) is 6.76. The van der Waals surface area contributed by atoms with Gasteiger partial charge in [0.2, 0.25) is 0 Å². The summed E-state index contributed by atoms with van der Waals surface area (Å²) in [5, 5.41) is 10.0. The minimum atomic E-state index is -0.211. The van der Waals surface area contributed by atoms with Crippen molar-refractivity contribution in [2.45, 2.75) is 65.9 Å². The van der Waals surface area contributed by atoms with Gasteiger partial charge in [-0.25, -0.2) is 0 Å². The standard InChI is InChI=1S/C15H26O/c1-11-6-7-12(10-13(11)16)15(4)9-5-8-14(15,2)3/h10-11,13,16H,5-9H2,1-4H3/t11?,13?,15-/m1/s1. The lowest BCUT2D eigenvalue weighted by molar-refractivity contribution is 0.122. The van der Waals surface area contributed by atoms with E-state index in [0.29, 0.717) is 16.7 Å². The fourth-order valence-corrected chi connectivity index (χ4v) is 3.56. The Morgan fingerprint density at radius 3 is 2.44 bits per heavy atom. The molecule has 16 heavy (non-hydrogen) atoms. The average molecular weight is 222 g/mol. The minimum Gasteiger partial charge on any atom is -0.389 e. The van der Waals surface area contributed by atoms with E-state index in [4.69, 9.17) is 0 Å². The van der Waals surface area contributed by atoms with Crippen molar-refractivity contribution in [2.75, 3.05) is 0 Å². The first kappa shape index (κ1) is 12.2. The van der Waals surface area contributed by atoms with Gasteiger partial charge >= 0.3 is 0 Å². The van der Waals surface area contributed by atoms with Crippen LogP contribution in [0.25, 0.3) is 0 Å². The number of aliphatic hydroxyl groups excluding tert-OH is 1. The zero-order valence-electron chi connectivity index (χ0n) is 11.2. The fourth-order valence-electron chi connectivity index (χ4n) is 3.56. The van der Waals surface area contributed by atoms with Crippen LogP contribution in [-0.4, -0.2) is 11.2 Å². The minimum absolute atomic E-state index is 0.211. The topological polar surface area (TPSA) is 20.2 Å². The molecule has 0 heterocycles. The molecular formula is C15H26O. The second kappa shape index (κ2) is 3.87. The van der Waals surface area contributed by atoms with Crippen LogP contribution in [-0.2, 0) is 0 Å².